The molecule has 6 nitrogen and oxygen atoms in total. The first-order chi connectivity index (χ1) is 9.83. The first-order valence-electron chi connectivity index (χ1n) is 7.25. The number of nitrogens with zero attached hydrogens (tertiary/aromatic N) is 1. The van der Waals surface area contributed by atoms with Crippen molar-refractivity contribution in [3.63, 3.8) is 0 Å². The number of benzene rings is 1. The molecule has 0 aliphatic heterocycles. The monoisotopic (exact) mass is 295 g/mol. The van der Waals surface area contributed by atoms with Gasteiger partial charge in [-0.3, -0.25) is 10.1 Å². The molecule has 0 saturated carbocycles. The van der Waals surface area contributed by atoms with E-state index < -0.39 is 4.92 Å². The molecular formula is C15H25N3O3. The lowest BCUT2D eigenvalue weighted by Crippen LogP contribution is -2.30. The summed E-state index contributed by atoms with van der Waals surface area (Å²) < 4.78 is 5.53. The summed E-state index contributed by atoms with van der Waals surface area (Å²) >= 11 is 0. The van der Waals surface area contributed by atoms with Crippen LogP contribution in [0.5, 0.6) is 5.75 Å². The summed E-state index contributed by atoms with van der Waals surface area (Å²) in [5.74, 6) is 0.802. The van der Waals surface area contributed by atoms with E-state index in [9.17, 15) is 10.1 Å². The SMILES string of the molecule is CC(C)CC(CN)Nc1ccc([N+](=O)[O-])c(OC(C)C)c1. The molecule has 0 heterocycles. The van der Waals surface area contributed by atoms with Crippen LogP contribution in [0.3, 0.4) is 0 Å². The number of nitro benzene ring substituents is 1. The van der Waals surface area contributed by atoms with Crippen LogP contribution >= 0.6 is 0 Å². The second kappa shape index (κ2) is 7.83. The summed E-state index contributed by atoms with van der Waals surface area (Å²) in [5.41, 5.74) is 6.52. The van der Waals surface area contributed by atoms with Crippen molar-refractivity contribution in [1.82, 2.24) is 0 Å². The fourth-order valence-corrected chi connectivity index (χ4v) is 2.12. The number of hydrogen-bond acceptors (Lipinski definition) is 5. The Hall–Kier alpha value is -1.82. The highest BCUT2D eigenvalue weighted by Crippen LogP contribution is 2.31. The highest BCUT2D eigenvalue weighted by Gasteiger charge is 2.18. The lowest BCUT2D eigenvalue weighted by atomic mass is 10.0. The van der Waals surface area contributed by atoms with Crippen LogP contribution in [0.15, 0.2) is 18.2 Å². The van der Waals surface area contributed by atoms with E-state index in [1.807, 2.05) is 13.8 Å². The number of nitrogens with two attached hydrogens (primary N) is 1. The Balaban J connectivity index is 2.95. The standard InChI is InChI=1S/C15H25N3O3/c1-10(2)7-13(9-16)17-12-5-6-14(18(19)20)15(8-12)21-11(3)4/h5-6,8,10-11,13,17H,7,9,16H2,1-4H3. The molecule has 0 saturated heterocycles. The molecule has 0 aromatic heterocycles. The van der Waals surface area contributed by atoms with Gasteiger partial charge < -0.3 is 15.8 Å². The number of nitrogens with one attached hydrogen (secondary N) is 1. The quantitative estimate of drug-likeness (QED) is 0.568. The van der Waals surface area contributed by atoms with E-state index in [0.29, 0.717) is 12.5 Å². The zero-order valence-corrected chi connectivity index (χ0v) is 13.1. The lowest BCUT2D eigenvalue weighted by molar-refractivity contribution is -0.386. The second-order valence-corrected chi connectivity index (χ2v) is 5.81. The summed E-state index contributed by atoms with van der Waals surface area (Å²) in [4.78, 5) is 10.6. The average Bonchev–Trinajstić information content (AvgIpc) is 2.36. The van der Waals surface area contributed by atoms with Gasteiger partial charge in [-0.15, -0.1) is 0 Å². The predicted octanol–water partition coefficient (Wildman–Crippen LogP) is 3.17. The maximum absolute atomic E-state index is 11.0. The fourth-order valence-electron chi connectivity index (χ4n) is 2.12. The molecule has 0 radical (unpaired) electrons. The summed E-state index contributed by atoms with van der Waals surface area (Å²) in [6.45, 7) is 8.45. The topological polar surface area (TPSA) is 90.4 Å². The molecular weight excluding hydrogens is 270 g/mol. The smallest absolute Gasteiger partial charge is 0.311 e. The summed E-state index contributed by atoms with van der Waals surface area (Å²) in [7, 11) is 0. The fraction of sp³-hybridized carbons (Fsp3) is 0.600. The van der Waals surface area contributed by atoms with Crippen LogP contribution in [0.1, 0.15) is 34.1 Å². The van der Waals surface area contributed by atoms with Crippen LogP contribution in [0.2, 0.25) is 0 Å². The van der Waals surface area contributed by atoms with E-state index in [1.165, 1.54) is 6.07 Å². The van der Waals surface area contributed by atoms with Crippen molar-refractivity contribution >= 4 is 11.4 Å². The van der Waals surface area contributed by atoms with Crippen LogP contribution in [-0.2, 0) is 0 Å². The molecule has 1 aromatic rings. The van der Waals surface area contributed by atoms with Crippen LogP contribution in [0.4, 0.5) is 11.4 Å². The van der Waals surface area contributed by atoms with Gasteiger partial charge in [0.2, 0.25) is 0 Å². The second-order valence-electron chi connectivity index (χ2n) is 5.81. The van der Waals surface area contributed by atoms with E-state index in [4.69, 9.17) is 10.5 Å². The molecule has 1 atom stereocenters. The third-order valence-electron chi connectivity index (χ3n) is 2.93. The molecule has 21 heavy (non-hydrogen) atoms. The molecule has 6 heteroatoms. The zero-order valence-electron chi connectivity index (χ0n) is 13.1. The molecule has 0 aliphatic carbocycles. The zero-order chi connectivity index (χ0) is 16.0. The number of nitro groups is 1. The van der Waals surface area contributed by atoms with E-state index >= 15 is 0 Å². The van der Waals surface area contributed by atoms with E-state index in [-0.39, 0.29) is 23.6 Å². The molecule has 1 unspecified atom stereocenters. The van der Waals surface area contributed by atoms with Crippen molar-refractivity contribution in [1.29, 1.82) is 0 Å². The minimum atomic E-state index is -0.434. The van der Waals surface area contributed by atoms with Gasteiger partial charge in [0.15, 0.2) is 5.75 Å². The average molecular weight is 295 g/mol. The van der Waals surface area contributed by atoms with Crippen molar-refractivity contribution in [2.45, 2.75) is 46.3 Å². The summed E-state index contributed by atoms with van der Waals surface area (Å²) in [6, 6.07) is 4.96. The van der Waals surface area contributed by atoms with Crippen molar-refractivity contribution in [2.75, 3.05) is 11.9 Å². The Morgan fingerprint density at radius 2 is 2.00 bits per heavy atom. The number of anilines is 1. The molecule has 0 amide bonds. The molecule has 0 fully saturated rings. The first kappa shape index (κ1) is 17.2. The minimum Gasteiger partial charge on any atom is -0.484 e. The van der Waals surface area contributed by atoms with E-state index in [0.717, 1.165) is 12.1 Å². The highest BCUT2D eigenvalue weighted by atomic mass is 16.6. The predicted molar refractivity (Wildman–Crippen MR) is 84.8 cm³/mol. The molecule has 0 aliphatic rings. The van der Waals surface area contributed by atoms with Gasteiger partial charge in [-0.2, -0.15) is 0 Å². The molecule has 3 N–H and O–H groups in total. The molecule has 1 rings (SSSR count). The molecule has 0 bridgehead atoms. The van der Waals surface area contributed by atoms with Crippen molar-refractivity contribution in [3.8, 4) is 5.75 Å². The third kappa shape index (κ3) is 5.59. The van der Waals surface area contributed by atoms with Crippen LogP contribution in [-0.4, -0.2) is 23.6 Å². The Labute approximate surface area is 125 Å². The minimum absolute atomic E-state index is 0.0255. The lowest BCUT2D eigenvalue weighted by Gasteiger charge is -2.20. The molecule has 1 aromatic carbocycles. The van der Waals surface area contributed by atoms with E-state index in [2.05, 4.69) is 19.2 Å². The van der Waals surface area contributed by atoms with Crippen molar-refractivity contribution in [2.24, 2.45) is 11.7 Å². The van der Waals surface area contributed by atoms with Gasteiger partial charge in [0.25, 0.3) is 0 Å². The Morgan fingerprint density at radius 3 is 2.48 bits per heavy atom. The Morgan fingerprint density at radius 1 is 1.33 bits per heavy atom. The largest absolute Gasteiger partial charge is 0.484 e. The molecule has 118 valence electrons. The Kier molecular flexibility index (Phi) is 6.42. The van der Waals surface area contributed by atoms with Crippen LogP contribution in [0.25, 0.3) is 0 Å². The summed E-state index contributed by atoms with van der Waals surface area (Å²) in [6.07, 6.45) is 0.813. The molecule has 0 spiro atoms. The maximum Gasteiger partial charge on any atom is 0.311 e. The van der Waals surface area contributed by atoms with Crippen LogP contribution in [0, 0.1) is 16.0 Å². The van der Waals surface area contributed by atoms with Crippen molar-refractivity contribution < 1.29 is 9.66 Å². The van der Waals surface area contributed by atoms with Gasteiger partial charge in [0.05, 0.1) is 11.0 Å². The Bertz CT molecular complexity index is 475. The van der Waals surface area contributed by atoms with Gasteiger partial charge in [0.1, 0.15) is 0 Å². The van der Waals surface area contributed by atoms with E-state index in [1.54, 1.807) is 12.1 Å². The first-order valence-corrected chi connectivity index (χ1v) is 7.25. The number of ether oxygens (including phenoxy) is 1. The van der Waals surface area contributed by atoms with Gasteiger partial charge in [-0.25, -0.2) is 0 Å². The normalized spacial score (nSPS) is 12.5. The number of hydrogen-bond donors (Lipinski definition) is 2. The van der Waals surface area contributed by atoms with Gasteiger partial charge in [-0.05, 0) is 32.3 Å². The summed E-state index contributed by atoms with van der Waals surface area (Å²) in [5, 5.41) is 14.3. The third-order valence-corrected chi connectivity index (χ3v) is 2.93. The maximum atomic E-state index is 11.0. The highest BCUT2D eigenvalue weighted by molar-refractivity contribution is 5.58. The van der Waals surface area contributed by atoms with Gasteiger partial charge in [-0.1, -0.05) is 13.8 Å². The van der Waals surface area contributed by atoms with Gasteiger partial charge >= 0.3 is 5.69 Å². The van der Waals surface area contributed by atoms with Gasteiger partial charge in [0, 0.05) is 30.4 Å². The van der Waals surface area contributed by atoms with Crippen molar-refractivity contribution in [3.05, 3.63) is 28.3 Å². The number of rotatable bonds is 8. The van der Waals surface area contributed by atoms with Crippen LogP contribution < -0.4 is 15.8 Å².